The van der Waals surface area contributed by atoms with Gasteiger partial charge in [-0.3, -0.25) is 9.67 Å². The molecular weight excluding hydrogens is 328 g/mol. The summed E-state index contributed by atoms with van der Waals surface area (Å²) in [6, 6.07) is 12.7. The number of aryl methyl sites for hydroxylation is 4. The first-order chi connectivity index (χ1) is 12.0. The number of nitrogens with zero attached hydrogens (tertiary/aromatic N) is 2. The zero-order valence-electron chi connectivity index (χ0n) is 14.8. The van der Waals surface area contributed by atoms with E-state index in [-0.39, 0.29) is 0 Å². The van der Waals surface area contributed by atoms with Crippen LogP contribution in [0.1, 0.15) is 22.4 Å². The minimum Gasteiger partial charge on any atom is -0.358 e. The lowest BCUT2D eigenvalue weighted by molar-refractivity contribution is 1.02. The molecule has 0 bridgehead atoms. The summed E-state index contributed by atoms with van der Waals surface area (Å²) < 4.78 is 2.61. The van der Waals surface area contributed by atoms with Gasteiger partial charge in [0.05, 0.1) is 5.69 Å². The van der Waals surface area contributed by atoms with Gasteiger partial charge in [0.1, 0.15) is 0 Å². The van der Waals surface area contributed by atoms with E-state index in [1.807, 2.05) is 4.57 Å². The predicted octanol–water partition coefficient (Wildman–Crippen LogP) is 5.31. The SMILES string of the molecule is Cc1ccc(-n2c(-c3ccc4[nH]c(C)c(C)c4c3)n[nH]c2=S)c(C)c1. The number of hydrogen-bond acceptors (Lipinski definition) is 2. The van der Waals surface area contributed by atoms with Gasteiger partial charge in [-0.05, 0) is 75.3 Å². The average Bonchev–Trinajstić information content (AvgIpc) is 3.08. The highest BCUT2D eigenvalue weighted by Gasteiger charge is 2.14. The van der Waals surface area contributed by atoms with Gasteiger partial charge in [-0.1, -0.05) is 17.7 Å². The maximum atomic E-state index is 5.51. The van der Waals surface area contributed by atoms with Crippen molar-refractivity contribution < 1.29 is 0 Å². The van der Waals surface area contributed by atoms with Crippen LogP contribution in [-0.2, 0) is 0 Å². The van der Waals surface area contributed by atoms with E-state index < -0.39 is 0 Å². The summed E-state index contributed by atoms with van der Waals surface area (Å²) in [5.41, 5.74) is 8.12. The third-order valence-electron chi connectivity index (χ3n) is 4.83. The summed E-state index contributed by atoms with van der Waals surface area (Å²) in [5.74, 6) is 0.831. The molecule has 5 heteroatoms. The van der Waals surface area contributed by atoms with E-state index in [0.717, 1.165) is 22.6 Å². The van der Waals surface area contributed by atoms with E-state index in [4.69, 9.17) is 12.2 Å². The number of aromatic amines is 2. The van der Waals surface area contributed by atoms with E-state index in [0.29, 0.717) is 4.77 Å². The molecule has 2 heterocycles. The Morgan fingerprint density at radius 3 is 2.56 bits per heavy atom. The first kappa shape index (κ1) is 15.8. The third kappa shape index (κ3) is 2.51. The standard InChI is InChI=1S/C20H20N4S/c1-11-5-8-18(12(2)9-11)24-19(22-23-20(24)25)15-6-7-17-16(10-15)13(3)14(4)21-17/h5-10,21H,1-4H3,(H,23,25). The molecule has 2 aromatic carbocycles. The van der Waals surface area contributed by atoms with Crippen molar-refractivity contribution in [3.63, 3.8) is 0 Å². The van der Waals surface area contributed by atoms with E-state index >= 15 is 0 Å². The molecule has 2 N–H and O–H groups in total. The summed E-state index contributed by atoms with van der Waals surface area (Å²) in [7, 11) is 0. The molecule has 0 aliphatic heterocycles. The van der Waals surface area contributed by atoms with Crippen molar-refractivity contribution in [1.29, 1.82) is 0 Å². The van der Waals surface area contributed by atoms with Gasteiger partial charge >= 0.3 is 0 Å². The zero-order valence-corrected chi connectivity index (χ0v) is 15.6. The van der Waals surface area contributed by atoms with Gasteiger partial charge in [0.2, 0.25) is 0 Å². The Morgan fingerprint density at radius 2 is 1.80 bits per heavy atom. The van der Waals surface area contributed by atoms with Crippen molar-refractivity contribution in [2.45, 2.75) is 27.7 Å². The molecular formula is C20H20N4S. The molecule has 0 unspecified atom stereocenters. The fraction of sp³-hybridized carbons (Fsp3) is 0.200. The van der Waals surface area contributed by atoms with Crippen LogP contribution in [0.4, 0.5) is 0 Å². The minimum absolute atomic E-state index is 0.601. The van der Waals surface area contributed by atoms with Crippen molar-refractivity contribution >= 4 is 23.1 Å². The Bertz CT molecular complexity index is 1160. The van der Waals surface area contributed by atoms with Crippen LogP contribution in [0.3, 0.4) is 0 Å². The molecule has 25 heavy (non-hydrogen) atoms. The Balaban J connectivity index is 1.96. The van der Waals surface area contributed by atoms with Crippen molar-refractivity contribution in [3.8, 4) is 17.1 Å². The normalized spacial score (nSPS) is 11.4. The summed E-state index contributed by atoms with van der Waals surface area (Å²) in [6.45, 7) is 8.43. The monoisotopic (exact) mass is 348 g/mol. The van der Waals surface area contributed by atoms with E-state index in [2.05, 4.69) is 79.3 Å². The number of hydrogen-bond donors (Lipinski definition) is 2. The Kier molecular flexibility index (Phi) is 3.62. The van der Waals surface area contributed by atoms with Gasteiger partial charge < -0.3 is 4.98 Å². The molecule has 4 rings (SSSR count). The van der Waals surface area contributed by atoms with E-state index in [1.165, 1.54) is 27.8 Å². The van der Waals surface area contributed by atoms with Crippen LogP contribution in [0, 0.1) is 32.5 Å². The van der Waals surface area contributed by atoms with Crippen molar-refractivity contribution in [3.05, 3.63) is 63.6 Å². The lowest BCUT2D eigenvalue weighted by Crippen LogP contribution is -2.00. The second-order valence-electron chi connectivity index (χ2n) is 6.61. The number of H-pyrrole nitrogens is 2. The molecule has 0 spiro atoms. The third-order valence-corrected chi connectivity index (χ3v) is 5.11. The highest BCUT2D eigenvalue weighted by molar-refractivity contribution is 7.71. The highest BCUT2D eigenvalue weighted by Crippen LogP contribution is 2.29. The van der Waals surface area contributed by atoms with Crippen LogP contribution < -0.4 is 0 Å². The predicted molar refractivity (Wildman–Crippen MR) is 105 cm³/mol. The molecule has 0 amide bonds. The van der Waals surface area contributed by atoms with Crippen LogP contribution >= 0.6 is 12.2 Å². The lowest BCUT2D eigenvalue weighted by atomic mass is 10.1. The summed E-state index contributed by atoms with van der Waals surface area (Å²) in [6.07, 6.45) is 0. The molecule has 0 aliphatic carbocycles. The van der Waals surface area contributed by atoms with Gasteiger partial charge in [0, 0.05) is 22.2 Å². The van der Waals surface area contributed by atoms with E-state index in [1.54, 1.807) is 0 Å². The number of aromatic nitrogens is 4. The van der Waals surface area contributed by atoms with Crippen molar-refractivity contribution in [2.75, 3.05) is 0 Å². The van der Waals surface area contributed by atoms with Crippen molar-refractivity contribution in [2.24, 2.45) is 0 Å². The topological polar surface area (TPSA) is 49.4 Å². The largest absolute Gasteiger partial charge is 0.358 e. The second kappa shape index (κ2) is 5.70. The van der Waals surface area contributed by atoms with Crippen LogP contribution in [0.25, 0.3) is 28.0 Å². The van der Waals surface area contributed by atoms with Gasteiger partial charge in [0.15, 0.2) is 10.6 Å². The first-order valence-corrected chi connectivity index (χ1v) is 8.71. The second-order valence-corrected chi connectivity index (χ2v) is 7.00. The Hall–Kier alpha value is -2.66. The van der Waals surface area contributed by atoms with Crippen LogP contribution in [0.15, 0.2) is 36.4 Å². The molecule has 0 saturated carbocycles. The molecule has 126 valence electrons. The molecule has 2 aromatic heterocycles. The maximum Gasteiger partial charge on any atom is 0.200 e. The molecule has 4 aromatic rings. The number of benzene rings is 2. The summed E-state index contributed by atoms with van der Waals surface area (Å²) in [5, 5.41) is 8.68. The average molecular weight is 348 g/mol. The quantitative estimate of drug-likeness (QED) is 0.482. The van der Waals surface area contributed by atoms with Gasteiger partial charge in [-0.2, -0.15) is 5.10 Å². The smallest absolute Gasteiger partial charge is 0.200 e. The highest BCUT2D eigenvalue weighted by atomic mass is 32.1. The summed E-state index contributed by atoms with van der Waals surface area (Å²) >= 11 is 5.51. The Morgan fingerprint density at radius 1 is 1.00 bits per heavy atom. The van der Waals surface area contributed by atoms with Gasteiger partial charge in [0.25, 0.3) is 0 Å². The van der Waals surface area contributed by atoms with Crippen molar-refractivity contribution in [1.82, 2.24) is 19.7 Å². The van der Waals surface area contributed by atoms with Crippen LogP contribution in [0.5, 0.6) is 0 Å². The Labute approximate surface area is 151 Å². The maximum absolute atomic E-state index is 5.51. The van der Waals surface area contributed by atoms with Gasteiger partial charge in [-0.15, -0.1) is 0 Å². The fourth-order valence-electron chi connectivity index (χ4n) is 3.37. The first-order valence-electron chi connectivity index (χ1n) is 8.30. The number of nitrogens with one attached hydrogen (secondary N) is 2. The van der Waals surface area contributed by atoms with Crippen LogP contribution in [0.2, 0.25) is 0 Å². The molecule has 4 nitrogen and oxygen atoms in total. The molecule has 0 radical (unpaired) electrons. The molecule has 0 aliphatic rings. The number of fused-ring (bicyclic) bond motifs is 1. The van der Waals surface area contributed by atoms with E-state index in [9.17, 15) is 0 Å². The molecule has 0 fully saturated rings. The lowest BCUT2D eigenvalue weighted by Gasteiger charge is -2.11. The fourth-order valence-corrected chi connectivity index (χ4v) is 3.60. The van der Waals surface area contributed by atoms with Gasteiger partial charge in [-0.25, -0.2) is 0 Å². The van der Waals surface area contributed by atoms with Crippen LogP contribution in [-0.4, -0.2) is 19.7 Å². The number of rotatable bonds is 2. The summed E-state index contributed by atoms with van der Waals surface area (Å²) in [4.78, 5) is 3.42. The minimum atomic E-state index is 0.601. The zero-order chi connectivity index (χ0) is 17.7. The molecule has 0 saturated heterocycles. The molecule has 0 atom stereocenters.